The van der Waals surface area contributed by atoms with Gasteiger partial charge in [-0.1, -0.05) is 25.1 Å². The van der Waals surface area contributed by atoms with Gasteiger partial charge < -0.3 is 15.5 Å². The fourth-order valence-electron chi connectivity index (χ4n) is 4.01. The van der Waals surface area contributed by atoms with Gasteiger partial charge in [-0.2, -0.15) is 0 Å². The summed E-state index contributed by atoms with van der Waals surface area (Å²) in [5.41, 5.74) is 1.28. The third-order valence-electron chi connectivity index (χ3n) is 5.96. The SMILES string of the molecule is CC1CCN([C@H](C)CNC(=O)NC[C@H]2CCN(c3ccccc3)C2)CC1. The molecule has 2 aliphatic rings. The van der Waals surface area contributed by atoms with Crippen LogP contribution in [0.15, 0.2) is 30.3 Å². The van der Waals surface area contributed by atoms with Crippen LogP contribution in [0, 0.1) is 11.8 Å². The molecule has 2 saturated heterocycles. The number of rotatable bonds is 6. The van der Waals surface area contributed by atoms with Gasteiger partial charge in [0, 0.05) is 37.9 Å². The molecule has 5 heteroatoms. The first-order valence-electron chi connectivity index (χ1n) is 10.2. The molecular weight excluding hydrogens is 324 g/mol. The molecule has 0 aromatic heterocycles. The summed E-state index contributed by atoms with van der Waals surface area (Å²) in [6.07, 6.45) is 3.68. The number of piperidine rings is 1. The Bertz CT molecular complexity index is 556. The average molecular weight is 359 g/mol. The van der Waals surface area contributed by atoms with Gasteiger partial charge in [0.25, 0.3) is 0 Å². The fraction of sp³-hybridized carbons (Fsp3) is 0.667. The van der Waals surface area contributed by atoms with E-state index >= 15 is 0 Å². The molecule has 3 rings (SSSR count). The van der Waals surface area contributed by atoms with E-state index in [1.165, 1.54) is 18.5 Å². The Morgan fingerprint density at radius 3 is 2.58 bits per heavy atom. The van der Waals surface area contributed by atoms with Gasteiger partial charge >= 0.3 is 6.03 Å². The zero-order chi connectivity index (χ0) is 18.4. The van der Waals surface area contributed by atoms with Crippen LogP contribution in [0.25, 0.3) is 0 Å². The van der Waals surface area contributed by atoms with E-state index in [1.54, 1.807) is 0 Å². The molecule has 0 saturated carbocycles. The van der Waals surface area contributed by atoms with E-state index in [-0.39, 0.29) is 6.03 Å². The highest BCUT2D eigenvalue weighted by Gasteiger charge is 2.23. The second kappa shape index (κ2) is 9.26. The van der Waals surface area contributed by atoms with E-state index in [0.717, 1.165) is 51.6 Å². The van der Waals surface area contributed by atoms with Gasteiger partial charge in [-0.05, 0) is 63.2 Å². The summed E-state index contributed by atoms with van der Waals surface area (Å²) in [6, 6.07) is 10.9. The molecule has 2 heterocycles. The van der Waals surface area contributed by atoms with E-state index in [9.17, 15) is 4.79 Å². The van der Waals surface area contributed by atoms with Crippen LogP contribution in [-0.4, -0.2) is 56.2 Å². The quantitative estimate of drug-likeness (QED) is 0.822. The Morgan fingerprint density at radius 2 is 1.85 bits per heavy atom. The molecule has 0 spiro atoms. The predicted octanol–water partition coefficient (Wildman–Crippen LogP) is 2.93. The second-order valence-corrected chi connectivity index (χ2v) is 8.09. The first kappa shape index (κ1) is 19.0. The van der Waals surface area contributed by atoms with Crippen molar-refractivity contribution in [1.82, 2.24) is 15.5 Å². The van der Waals surface area contributed by atoms with Gasteiger partial charge in [0.05, 0.1) is 0 Å². The standard InChI is InChI=1S/C21H34N4O/c1-17-8-11-24(12-9-17)18(2)14-22-21(26)23-15-19-10-13-25(16-19)20-6-4-3-5-7-20/h3-7,17-19H,8-16H2,1-2H3,(H2,22,23,26)/t18-,19-/m1/s1. The summed E-state index contributed by atoms with van der Waals surface area (Å²) in [7, 11) is 0. The minimum Gasteiger partial charge on any atom is -0.371 e. The molecule has 2 atom stereocenters. The number of amides is 2. The Morgan fingerprint density at radius 1 is 1.12 bits per heavy atom. The van der Waals surface area contributed by atoms with Crippen LogP contribution in [-0.2, 0) is 0 Å². The number of benzene rings is 1. The van der Waals surface area contributed by atoms with E-state index in [1.807, 2.05) is 0 Å². The molecule has 1 aromatic carbocycles. The number of nitrogens with zero attached hydrogens (tertiary/aromatic N) is 2. The van der Waals surface area contributed by atoms with Crippen molar-refractivity contribution in [3.05, 3.63) is 30.3 Å². The zero-order valence-corrected chi connectivity index (χ0v) is 16.3. The molecule has 0 unspecified atom stereocenters. The molecule has 0 aliphatic carbocycles. The van der Waals surface area contributed by atoms with E-state index < -0.39 is 0 Å². The van der Waals surface area contributed by atoms with Crippen LogP contribution < -0.4 is 15.5 Å². The third kappa shape index (κ3) is 5.37. The number of anilines is 1. The number of carbonyl (C=O) groups is 1. The molecule has 0 bridgehead atoms. The van der Waals surface area contributed by atoms with Crippen molar-refractivity contribution in [2.24, 2.45) is 11.8 Å². The molecule has 1 aromatic rings. The first-order valence-corrected chi connectivity index (χ1v) is 10.2. The number of likely N-dealkylation sites (tertiary alicyclic amines) is 1. The first-order chi connectivity index (χ1) is 12.6. The molecular formula is C21H34N4O. The molecule has 26 heavy (non-hydrogen) atoms. The monoisotopic (exact) mass is 358 g/mol. The van der Waals surface area contributed by atoms with Crippen LogP contribution in [0.5, 0.6) is 0 Å². The van der Waals surface area contributed by atoms with Crippen molar-refractivity contribution in [3.63, 3.8) is 0 Å². The van der Waals surface area contributed by atoms with Crippen molar-refractivity contribution in [1.29, 1.82) is 0 Å². The molecule has 2 amide bonds. The Balaban J connectivity index is 1.32. The maximum atomic E-state index is 12.1. The van der Waals surface area contributed by atoms with Gasteiger partial charge in [0.15, 0.2) is 0 Å². The number of urea groups is 1. The smallest absolute Gasteiger partial charge is 0.314 e. The van der Waals surface area contributed by atoms with Crippen LogP contribution in [0.2, 0.25) is 0 Å². The summed E-state index contributed by atoms with van der Waals surface area (Å²) < 4.78 is 0. The number of para-hydroxylation sites is 1. The van der Waals surface area contributed by atoms with E-state index in [0.29, 0.717) is 12.0 Å². The van der Waals surface area contributed by atoms with Crippen molar-refractivity contribution in [2.45, 2.75) is 39.2 Å². The largest absolute Gasteiger partial charge is 0.371 e. The lowest BCUT2D eigenvalue weighted by Gasteiger charge is -2.35. The predicted molar refractivity (Wildman–Crippen MR) is 108 cm³/mol. The molecule has 0 radical (unpaired) electrons. The van der Waals surface area contributed by atoms with E-state index in [4.69, 9.17) is 0 Å². The Labute approximate surface area is 158 Å². The average Bonchev–Trinajstić information content (AvgIpc) is 3.15. The van der Waals surface area contributed by atoms with Gasteiger partial charge in [-0.15, -0.1) is 0 Å². The molecule has 144 valence electrons. The summed E-state index contributed by atoms with van der Waals surface area (Å²) in [6.45, 7) is 10.4. The highest BCUT2D eigenvalue weighted by Crippen LogP contribution is 2.23. The maximum absolute atomic E-state index is 12.1. The van der Waals surface area contributed by atoms with Crippen molar-refractivity contribution in [3.8, 4) is 0 Å². The lowest BCUT2D eigenvalue weighted by Crippen LogP contribution is -2.48. The zero-order valence-electron chi connectivity index (χ0n) is 16.3. The molecule has 2 fully saturated rings. The fourth-order valence-corrected chi connectivity index (χ4v) is 4.01. The molecule has 5 nitrogen and oxygen atoms in total. The van der Waals surface area contributed by atoms with Crippen LogP contribution >= 0.6 is 0 Å². The van der Waals surface area contributed by atoms with Crippen molar-refractivity contribution in [2.75, 3.05) is 44.2 Å². The van der Waals surface area contributed by atoms with Crippen molar-refractivity contribution >= 4 is 11.7 Å². The topological polar surface area (TPSA) is 47.6 Å². The second-order valence-electron chi connectivity index (χ2n) is 8.09. The van der Waals surface area contributed by atoms with Gasteiger partial charge in [0.2, 0.25) is 0 Å². The van der Waals surface area contributed by atoms with Crippen LogP contribution in [0.3, 0.4) is 0 Å². The molecule has 2 N–H and O–H groups in total. The van der Waals surface area contributed by atoms with Crippen LogP contribution in [0.1, 0.15) is 33.1 Å². The maximum Gasteiger partial charge on any atom is 0.314 e. The summed E-state index contributed by atoms with van der Waals surface area (Å²) in [5.74, 6) is 1.37. The lowest BCUT2D eigenvalue weighted by molar-refractivity contribution is 0.145. The highest BCUT2D eigenvalue weighted by atomic mass is 16.2. The summed E-state index contributed by atoms with van der Waals surface area (Å²) in [5, 5.41) is 6.12. The minimum atomic E-state index is -0.0274. The van der Waals surface area contributed by atoms with Gasteiger partial charge in [-0.3, -0.25) is 4.90 Å². The number of hydrogen-bond acceptors (Lipinski definition) is 3. The summed E-state index contributed by atoms with van der Waals surface area (Å²) in [4.78, 5) is 17.0. The number of nitrogens with one attached hydrogen (secondary N) is 2. The minimum absolute atomic E-state index is 0.0274. The van der Waals surface area contributed by atoms with E-state index in [2.05, 4.69) is 64.6 Å². The lowest BCUT2D eigenvalue weighted by atomic mass is 9.98. The number of carbonyl (C=O) groups excluding carboxylic acids is 1. The number of hydrogen-bond donors (Lipinski definition) is 2. The molecule has 2 aliphatic heterocycles. The Hall–Kier alpha value is -1.75. The summed E-state index contributed by atoms with van der Waals surface area (Å²) >= 11 is 0. The van der Waals surface area contributed by atoms with Crippen LogP contribution in [0.4, 0.5) is 10.5 Å². The van der Waals surface area contributed by atoms with Gasteiger partial charge in [-0.25, -0.2) is 4.79 Å². The van der Waals surface area contributed by atoms with Crippen molar-refractivity contribution < 1.29 is 4.79 Å². The highest BCUT2D eigenvalue weighted by molar-refractivity contribution is 5.73. The Kier molecular flexibility index (Phi) is 6.78. The third-order valence-corrected chi connectivity index (χ3v) is 5.96. The normalized spacial score (nSPS) is 23.0. The van der Waals surface area contributed by atoms with Gasteiger partial charge in [0.1, 0.15) is 0 Å².